The van der Waals surface area contributed by atoms with Gasteiger partial charge < -0.3 is 14.8 Å². The molecule has 0 spiro atoms. The van der Waals surface area contributed by atoms with Crippen LogP contribution in [0.1, 0.15) is 24.2 Å². The second-order valence-corrected chi connectivity index (χ2v) is 4.95. The summed E-state index contributed by atoms with van der Waals surface area (Å²) in [6.07, 6.45) is -1.09. The van der Waals surface area contributed by atoms with Crippen LogP contribution >= 0.6 is 0 Å². The standard InChI is InChI=1S/C18H18FNO4/c1-3-23-16-11-7-6-10-15(16)20-17(21)12(2)24-18(22)13-8-4-5-9-14(13)19/h4-12H,3H2,1-2H3,(H,20,21)/t12-/m0/s1. The molecule has 0 heterocycles. The summed E-state index contributed by atoms with van der Waals surface area (Å²) in [4.78, 5) is 24.1. The predicted molar refractivity (Wildman–Crippen MR) is 87.5 cm³/mol. The highest BCUT2D eigenvalue weighted by Crippen LogP contribution is 2.24. The van der Waals surface area contributed by atoms with Gasteiger partial charge in [0.05, 0.1) is 17.9 Å². The first-order valence-corrected chi connectivity index (χ1v) is 7.51. The second-order valence-electron chi connectivity index (χ2n) is 4.95. The Morgan fingerprint density at radius 2 is 1.79 bits per heavy atom. The number of halogens is 1. The van der Waals surface area contributed by atoms with Crippen LogP contribution < -0.4 is 10.1 Å². The molecular weight excluding hydrogens is 313 g/mol. The van der Waals surface area contributed by atoms with Crippen molar-refractivity contribution in [1.82, 2.24) is 0 Å². The smallest absolute Gasteiger partial charge is 0.341 e. The van der Waals surface area contributed by atoms with Gasteiger partial charge >= 0.3 is 5.97 Å². The number of esters is 1. The van der Waals surface area contributed by atoms with Crippen LogP contribution in [0.3, 0.4) is 0 Å². The summed E-state index contributed by atoms with van der Waals surface area (Å²) in [5.74, 6) is -1.61. The van der Waals surface area contributed by atoms with Gasteiger partial charge in [0.15, 0.2) is 6.10 Å². The molecular formula is C18H18FNO4. The largest absolute Gasteiger partial charge is 0.492 e. The Kier molecular flexibility index (Phi) is 5.89. The molecule has 0 unspecified atom stereocenters. The van der Waals surface area contributed by atoms with Crippen molar-refractivity contribution in [2.45, 2.75) is 20.0 Å². The summed E-state index contributed by atoms with van der Waals surface area (Å²) in [7, 11) is 0. The lowest BCUT2D eigenvalue weighted by Gasteiger charge is -2.15. The highest BCUT2D eigenvalue weighted by atomic mass is 19.1. The first-order chi connectivity index (χ1) is 11.5. The van der Waals surface area contributed by atoms with E-state index in [1.807, 2.05) is 6.92 Å². The van der Waals surface area contributed by atoms with E-state index >= 15 is 0 Å². The number of carbonyl (C=O) groups is 2. The third-order valence-corrected chi connectivity index (χ3v) is 3.19. The first kappa shape index (κ1) is 17.5. The average Bonchev–Trinajstić information content (AvgIpc) is 2.57. The van der Waals surface area contributed by atoms with Crippen molar-refractivity contribution in [2.75, 3.05) is 11.9 Å². The predicted octanol–water partition coefficient (Wildman–Crippen LogP) is 3.41. The van der Waals surface area contributed by atoms with Crippen molar-refractivity contribution < 1.29 is 23.5 Å². The highest BCUT2D eigenvalue weighted by Gasteiger charge is 2.21. The molecule has 1 atom stereocenters. The number of amides is 1. The van der Waals surface area contributed by atoms with Gasteiger partial charge in [0.25, 0.3) is 5.91 Å². The van der Waals surface area contributed by atoms with E-state index < -0.39 is 23.8 Å². The Hall–Kier alpha value is -2.89. The van der Waals surface area contributed by atoms with E-state index in [2.05, 4.69) is 5.32 Å². The normalized spacial score (nSPS) is 11.5. The molecule has 0 radical (unpaired) electrons. The summed E-state index contributed by atoms with van der Waals surface area (Å²) >= 11 is 0. The van der Waals surface area contributed by atoms with Crippen LogP contribution in [0, 0.1) is 5.82 Å². The van der Waals surface area contributed by atoms with Crippen LogP contribution in [0.15, 0.2) is 48.5 Å². The van der Waals surface area contributed by atoms with E-state index in [-0.39, 0.29) is 5.56 Å². The Labute approximate surface area is 139 Å². The van der Waals surface area contributed by atoms with Gasteiger partial charge in [0.1, 0.15) is 11.6 Å². The van der Waals surface area contributed by atoms with Crippen molar-refractivity contribution in [3.05, 3.63) is 59.9 Å². The van der Waals surface area contributed by atoms with Crippen molar-refractivity contribution in [3.8, 4) is 5.75 Å². The van der Waals surface area contributed by atoms with Gasteiger partial charge in [-0.25, -0.2) is 9.18 Å². The molecule has 0 aromatic heterocycles. The van der Waals surface area contributed by atoms with E-state index in [1.54, 1.807) is 24.3 Å². The van der Waals surface area contributed by atoms with Gasteiger partial charge in [0.2, 0.25) is 0 Å². The van der Waals surface area contributed by atoms with Gasteiger partial charge in [-0.2, -0.15) is 0 Å². The molecule has 24 heavy (non-hydrogen) atoms. The number of anilines is 1. The van der Waals surface area contributed by atoms with E-state index in [9.17, 15) is 14.0 Å². The van der Waals surface area contributed by atoms with Gasteiger partial charge in [-0.05, 0) is 38.1 Å². The molecule has 2 aromatic rings. The van der Waals surface area contributed by atoms with Crippen LogP contribution in [0.2, 0.25) is 0 Å². The van der Waals surface area contributed by atoms with Crippen molar-refractivity contribution in [2.24, 2.45) is 0 Å². The van der Waals surface area contributed by atoms with E-state index in [1.165, 1.54) is 25.1 Å². The maximum absolute atomic E-state index is 13.6. The molecule has 0 aliphatic heterocycles. The minimum atomic E-state index is -1.09. The zero-order valence-electron chi connectivity index (χ0n) is 13.4. The third kappa shape index (κ3) is 4.32. The van der Waals surface area contributed by atoms with E-state index in [0.717, 1.165) is 6.07 Å². The maximum Gasteiger partial charge on any atom is 0.341 e. The van der Waals surface area contributed by atoms with Crippen LogP contribution in [-0.4, -0.2) is 24.6 Å². The van der Waals surface area contributed by atoms with Crippen LogP contribution in [0.4, 0.5) is 10.1 Å². The lowest BCUT2D eigenvalue weighted by molar-refractivity contribution is -0.123. The van der Waals surface area contributed by atoms with Gasteiger partial charge in [-0.3, -0.25) is 4.79 Å². The Bertz CT molecular complexity index is 732. The van der Waals surface area contributed by atoms with Gasteiger partial charge in [0, 0.05) is 0 Å². The molecule has 2 rings (SSSR count). The molecule has 0 aliphatic rings. The highest BCUT2D eigenvalue weighted by molar-refractivity contribution is 5.98. The van der Waals surface area contributed by atoms with Crippen LogP contribution in [0.5, 0.6) is 5.75 Å². The third-order valence-electron chi connectivity index (χ3n) is 3.19. The number of benzene rings is 2. The Morgan fingerprint density at radius 3 is 2.50 bits per heavy atom. The van der Waals surface area contributed by atoms with Gasteiger partial charge in [-0.1, -0.05) is 24.3 Å². The molecule has 6 heteroatoms. The Morgan fingerprint density at radius 1 is 1.12 bits per heavy atom. The number of rotatable bonds is 6. The fraction of sp³-hybridized carbons (Fsp3) is 0.222. The van der Waals surface area contributed by atoms with Crippen molar-refractivity contribution in [1.29, 1.82) is 0 Å². The van der Waals surface area contributed by atoms with Crippen molar-refractivity contribution >= 4 is 17.6 Å². The minimum absolute atomic E-state index is 0.216. The topological polar surface area (TPSA) is 64.6 Å². The fourth-order valence-corrected chi connectivity index (χ4v) is 1.99. The molecule has 0 bridgehead atoms. The molecule has 1 N–H and O–H groups in total. The summed E-state index contributed by atoms with van der Waals surface area (Å²) in [6.45, 7) is 3.69. The number of hydrogen-bond acceptors (Lipinski definition) is 4. The molecule has 1 amide bonds. The molecule has 2 aromatic carbocycles. The lowest BCUT2D eigenvalue weighted by Crippen LogP contribution is -2.30. The number of para-hydroxylation sites is 2. The summed E-state index contributed by atoms with van der Waals surface area (Å²) in [5.41, 5.74) is 0.255. The fourth-order valence-electron chi connectivity index (χ4n) is 1.99. The molecule has 5 nitrogen and oxygen atoms in total. The summed E-state index contributed by atoms with van der Waals surface area (Å²) in [6, 6.07) is 12.3. The molecule has 0 saturated heterocycles. The number of carbonyl (C=O) groups excluding carboxylic acids is 2. The number of hydrogen-bond donors (Lipinski definition) is 1. The molecule has 0 saturated carbocycles. The summed E-state index contributed by atoms with van der Waals surface area (Å²) in [5, 5.41) is 2.63. The molecule has 0 fully saturated rings. The minimum Gasteiger partial charge on any atom is -0.492 e. The summed E-state index contributed by atoms with van der Waals surface area (Å²) < 4.78 is 24.0. The lowest BCUT2D eigenvalue weighted by atomic mass is 10.2. The second kappa shape index (κ2) is 8.10. The molecule has 0 aliphatic carbocycles. The first-order valence-electron chi connectivity index (χ1n) is 7.51. The number of ether oxygens (including phenoxy) is 2. The van der Waals surface area contributed by atoms with Crippen LogP contribution in [-0.2, 0) is 9.53 Å². The van der Waals surface area contributed by atoms with Crippen molar-refractivity contribution in [3.63, 3.8) is 0 Å². The zero-order chi connectivity index (χ0) is 17.5. The van der Waals surface area contributed by atoms with E-state index in [4.69, 9.17) is 9.47 Å². The number of nitrogens with one attached hydrogen (secondary N) is 1. The average molecular weight is 331 g/mol. The van der Waals surface area contributed by atoms with E-state index in [0.29, 0.717) is 18.0 Å². The zero-order valence-corrected chi connectivity index (χ0v) is 13.4. The van der Waals surface area contributed by atoms with Gasteiger partial charge in [-0.15, -0.1) is 0 Å². The van der Waals surface area contributed by atoms with Crippen LogP contribution in [0.25, 0.3) is 0 Å². The maximum atomic E-state index is 13.6. The quantitative estimate of drug-likeness (QED) is 0.824. The molecule has 126 valence electrons. The monoisotopic (exact) mass is 331 g/mol. The SMILES string of the molecule is CCOc1ccccc1NC(=O)[C@H](C)OC(=O)c1ccccc1F. The Balaban J connectivity index is 2.03.